The number of halogens is 3. The maximum Gasteiger partial charge on any atom is 0.387 e. The summed E-state index contributed by atoms with van der Waals surface area (Å²) in [5.74, 6) is -2.65. The highest BCUT2D eigenvalue weighted by Crippen LogP contribution is 2.34. The molecule has 0 aliphatic carbocycles. The Morgan fingerprint density at radius 3 is 2.58 bits per heavy atom. The van der Waals surface area contributed by atoms with Gasteiger partial charge in [-0.15, -0.1) is 0 Å². The van der Waals surface area contributed by atoms with E-state index in [1.54, 1.807) is 6.07 Å². The molecular weight excluding hydrogens is 349 g/mol. The minimum atomic E-state index is -3.07. The van der Waals surface area contributed by atoms with Gasteiger partial charge in [-0.05, 0) is 23.8 Å². The molecule has 3 aromatic rings. The highest BCUT2D eigenvalue weighted by molar-refractivity contribution is 5.86. The van der Waals surface area contributed by atoms with Crippen molar-refractivity contribution < 1.29 is 27.1 Å². The molecular formula is C18H13F3N2O3. The second-order valence-electron chi connectivity index (χ2n) is 5.36. The minimum absolute atomic E-state index is 0.118. The Morgan fingerprint density at radius 1 is 1.19 bits per heavy atom. The Labute approximate surface area is 146 Å². The van der Waals surface area contributed by atoms with E-state index in [1.165, 1.54) is 36.5 Å². The lowest BCUT2D eigenvalue weighted by molar-refractivity contribution is -0.118. The van der Waals surface area contributed by atoms with E-state index in [4.69, 9.17) is 10.2 Å². The summed E-state index contributed by atoms with van der Waals surface area (Å²) in [6.07, 6.45) is 2.50. The van der Waals surface area contributed by atoms with Gasteiger partial charge in [0.25, 0.3) is 0 Å². The molecule has 1 heterocycles. The van der Waals surface area contributed by atoms with Gasteiger partial charge in [-0.3, -0.25) is 4.79 Å². The van der Waals surface area contributed by atoms with Crippen molar-refractivity contribution in [3.63, 3.8) is 0 Å². The van der Waals surface area contributed by atoms with Crippen LogP contribution in [0.3, 0.4) is 0 Å². The monoisotopic (exact) mass is 362 g/mol. The molecule has 1 aromatic heterocycles. The molecule has 8 heteroatoms. The number of carbonyl (C=O) groups excluding carboxylic acids is 1. The molecule has 0 radical (unpaired) electrons. The van der Waals surface area contributed by atoms with Crippen LogP contribution >= 0.6 is 0 Å². The predicted octanol–water partition coefficient (Wildman–Crippen LogP) is 3.70. The molecule has 1 amide bonds. The topological polar surface area (TPSA) is 78.4 Å². The standard InChI is InChI=1S/C18H13F3N2O3/c19-13-7-10(5-6-11(13)15-8-23-9-25-15)16(17(22)24)12-3-1-2-4-14(12)26-18(20)21/h1-9,16,18H,(H2,22,24). The maximum atomic E-state index is 14.5. The normalized spacial score (nSPS) is 12.2. The van der Waals surface area contributed by atoms with E-state index < -0.39 is 24.3 Å². The van der Waals surface area contributed by atoms with Crippen molar-refractivity contribution in [2.75, 3.05) is 0 Å². The quantitative estimate of drug-likeness (QED) is 0.725. The van der Waals surface area contributed by atoms with Crippen molar-refractivity contribution in [2.24, 2.45) is 5.73 Å². The third-order valence-corrected chi connectivity index (χ3v) is 3.75. The van der Waals surface area contributed by atoms with Crippen molar-refractivity contribution in [3.8, 4) is 17.1 Å². The Morgan fingerprint density at radius 2 is 1.96 bits per heavy atom. The fraction of sp³-hybridized carbons (Fsp3) is 0.111. The maximum absolute atomic E-state index is 14.5. The molecule has 2 aromatic carbocycles. The number of amides is 1. The molecule has 3 rings (SSSR count). The number of hydrogen-bond donors (Lipinski definition) is 1. The van der Waals surface area contributed by atoms with Gasteiger partial charge in [-0.2, -0.15) is 8.78 Å². The summed E-state index contributed by atoms with van der Waals surface area (Å²) in [6, 6.07) is 9.71. The number of oxazole rings is 1. The molecule has 5 nitrogen and oxygen atoms in total. The SMILES string of the molecule is NC(=O)C(c1ccc(-c2cnco2)c(F)c1)c1ccccc1OC(F)F. The zero-order valence-electron chi connectivity index (χ0n) is 13.2. The van der Waals surface area contributed by atoms with Crippen molar-refractivity contribution in [1.82, 2.24) is 4.98 Å². The van der Waals surface area contributed by atoms with Crippen LogP contribution in [0.15, 0.2) is 59.5 Å². The van der Waals surface area contributed by atoms with Crippen molar-refractivity contribution in [3.05, 3.63) is 72.0 Å². The lowest BCUT2D eigenvalue weighted by atomic mass is 9.89. The fourth-order valence-corrected chi connectivity index (χ4v) is 2.68. The van der Waals surface area contributed by atoms with Crippen LogP contribution in [0, 0.1) is 5.82 Å². The van der Waals surface area contributed by atoms with Crippen LogP contribution in [0.4, 0.5) is 13.2 Å². The van der Waals surface area contributed by atoms with E-state index in [1.807, 2.05) is 0 Å². The van der Waals surface area contributed by atoms with Crippen LogP contribution in [-0.2, 0) is 4.79 Å². The summed E-state index contributed by atoms with van der Waals surface area (Å²) in [7, 11) is 0. The van der Waals surface area contributed by atoms with Crippen molar-refractivity contribution in [2.45, 2.75) is 12.5 Å². The molecule has 134 valence electrons. The first kappa shape index (κ1) is 17.5. The molecule has 0 bridgehead atoms. The summed E-state index contributed by atoms with van der Waals surface area (Å²) in [5, 5.41) is 0. The van der Waals surface area contributed by atoms with Gasteiger partial charge in [0.15, 0.2) is 12.2 Å². The third-order valence-electron chi connectivity index (χ3n) is 3.75. The smallest absolute Gasteiger partial charge is 0.387 e. The van der Waals surface area contributed by atoms with Gasteiger partial charge < -0.3 is 14.9 Å². The summed E-state index contributed by atoms with van der Waals surface area (Å²) < 4.78 is 49.2. The highest BCUT2D eigenvalue weighted by Gasteiger charge is 2.26. The number of nitrogens with two attached hydrogens (primary N) is 1. The lowest BCUT2D eigenvalue weighted by Gasteiger charge is -2.18. The number of ether oxygens (including phenoxy) is 1. The Bertz CT molecular complexity index is 914. The second-order valence-corrected chi connectivity index (χ2v) is 5.36. The minimum Gasteiger partial charge on any atom is -0.443 e. The second kappa shape index (κ2) is 7.30. The van der Waals surface area contributed by atoms with Gasteiger partial charge in [0, 0.05) is 5.56 Å². The summed E-state index contributed by atoms with van der Waals surface area (Å²) >= 11 is 0. The van der Waals surface area contributed by atoms with Crippen molar-refractivity contribution in [1.29, 1.82) is 0 Å². The number of primary amides is 1. The van der Waals surface area contributed by atoms with E-state index in [-0.39, 0.29) is 28.2 Å². The first-order chi connectivity index (χ1) is 12.5. The highest BCUT2D eigenvalue weighted by atomic mass is 19.3. The van der Waals surface area contributed by atoms with Crippen LogP contribution in [-0.4, -0.2) is 17.5 Å². The molecule has 0 saturated heterocycles. The summed E-state index contributed by atoms with van der Waals surface area (Å²) in [5.41, 5.74) is 5.91. The Hall–Kier alpha value is -3.29. The van der Waals surface area contributed by atoms with E-state index in [0.717, 1.165) is 12.5 Å². The average molecular weight is 362 g/mol. The summed E-state index contributed by atoms with van der Waals surface area (Å²) in [6.45, 7) is -3.07. The van der Waals surface area contributed by atoms with Gasteiger partial charge in [0.05, 0.1) is 17.7 Å². The van der Waals surface area contributed by atoms with E-state index in [9.17, 15) is 18.0 Å². The van der Waals surface area contributed by atoms with E-state index in [2.05, 4.69) is 9.72 Å². The van der Waals surface area contributed by atoms with Crippen LogP contribution in [0.25, 0.3) is 11.3 Å². The molecule has 0 spiro atoms. The molecule has 0 saturated carbocycles. The molecule has 1 unspecified atom stereocenters. The lowest BCUT2D eigenvalue weighted by Crippen LogP contribution is -2.23. The van der Waals surface area contributed by atoms with Gasteiger partial charge in [-0.25, -0.2) is 9.37 Å². The average Bonchev–Trinajstić information content (AvgIpc) is 3.10. The number of rotatable bonds is 6. The number of hydrogen-bond acceptors (Lipinski definition) is 4. The van der Waals surface area contributed by atoms with Crippen molar-refractivity contribution >= 4 is 5.91 Å². The number of alkyl halides is 2. The van der Waals surface area contributed by atoms with Gasteiger partial charge in [0.1, 0.15) is 11.6 Å². The number of para-hydroxylation sites is 1. The van der Waals surface area contributed by atoms with Crippen LogP contribution in [0.2, 0.25) is 0 Å². The number of nitrogens with zero attached hydrogens (tertiary/aromatic N) is 1. The van der Waals surface area contributed by atoms with Gasteiger partial charge in [-0.1, -0.05) is 24.3 Å². The molecule has 0 aliphatic heterocycles. The largest absolute Gasteiger partial charge is 0.443 e. The first-order valence-electron chi connectivity index (χ1n) is 7.48. The molecule has 0 aliphatic rings. The predicted molar refractivity (Wildman–Crippen MR) is 86.0 cm³/mol. The zero-order chi connectivity index (χ0) is 18.7. The number of carbonyl (C=O) groups is 1. The van der Waals surface area contributed by atoms with E-state index >= 15 is 0 Å². The van der Waals surface area contributed by atoms with Crippen LogP contribution in [0.1, 0.15) is 17.0 Å². The van der Waals surface area contributed by atoms with Crippen LogP contribution in [0.5, 0.6) is 5.75 Å². The summed E-state index contributed by atoms with van der Waals surface area (Å²) in [4.78, 5) is 15.7. The third kappa shape index (κ3) is 3.53. The first-order valence-corrected chi connectivity index (χ1v) is 7.48. The van der Waals surface area contributed by atoms with Crippen LogP contribution < -0.4 is 10.5 Å². The Kier molecular flexibility index (Phi) is 4.92. The molecule has 2 N–H and O–H groups in total. The number of aromatic nitrogens is 1. The zero-order valence-corrected chi connectivity index (χ0v) is 13.2. The molecule has 0 fully saturated rings. The Balaban J connectivity index is 2.05. The fourth-order valence-electron chi connectivity index (χ4n) is 2.68. The molecule has 1 atom stereocenters. The van der Waals surface area contributed by atoms with E-state index in [0.29, 0.717) is 0 Å². The van der Waals surface area contributed by atoms with Gasteiger partial charge >= 0.3 is 6.61 Å². The number of benzene rings is 2. The van der Waals surface area contributed by atoms with Gasteiger partial charge in [0.2, 0.25) is 5.91 Å². The molecule has 26 heavy (non-hydrogen) atoms.